The van der Waals surface area contributed by atoms with Gasteiger partial charge in [0.15, 0.2) is 0 Å². The third-order valence-corrected chi connectivity index (χ3v) is 16.0. The molecule has 2 N–H and O–H groups in total. The highest BCUT2D eigenvalue weighted by Gasteiger charge is 2.41. The summed E-state index contributed by atoms with van der Waals surface area (Å²) in [5.74, 6) is -1.52. The number of hydrogen-bond donors (Lipinski definition) is 2. The smallest absolute Gasteiger partial charge is 0.407 e. The highest BCUT2D eigenvalue weighted by molar-refractivity contribution is 8.00. The van der Waals surface area contributed by atoms with Crippen molar-refractivity contribution >= 4 is 41.3 Å². The molecule has 0 fully saturated rings. The Balaban J connectivity index is 1.03. The van der Waals surface area contributed by atoms with Gasteiger partial charge in [0.05, 0.1) is 16.7 Å². The maximum Gasteiger partial charge on any atom is 0.407 e. The quantitative estimate of drug-likeness (QED) is 0.0418. The molecule has 0 aliphatic heterocycles. The van der Waals surface area contributed by atoms with Crippen molar-refractivity contribution in [2.24, 2.45) is 0 Å². The van der Waals surface area contributed by atoms with Crippen molar-refractivity contribution in [1.29, 1.82) is 0 Å². The van der Waals surface area contributed by atoms with E-state index in [-0.39, 0.29) is 31.2 Å². The Morgan fingerprint density at radius 2 is 0.949 bits per heavy atom. The second-order valence-corrected chi connectivity index (χ2v) is 20.5. The molecule has 1 aliphatic rings. The van der Waals surface area contributed by atoms with Gasteiger partial charge in [0.25, 0.3) is 0 Å². The topological polar surface area (TPSA) is 114 Å². The van der Waals surface area contributed by atoms with E-state index in [0.717, 1.165) is 55.6 Å². The zero-order chi connectivity index (χ0) is 54.4. The average molecular weight is 1060 g/mol. The fourth-order valence-corrected chi connectivity index (χ4v) is 12.3. The van der Waals surface area contributed by atoms with Crippen LogP contribution in [0.4, 0.5) is 10.5 Å². The van der Waals surface area contributed by atoms with Crippen LogP contribution in [0.5, 0.6) is 0 Å². The lowest BCUT2D eigenvalue weighted by Crippen LogP contribution is -2.54. The molecule has 0 unspecified atom stereocenters. The summed E-state index contributed by atoms with van der Waals surface area (Å²) in [6, 6.07) is 81.2. The number of fused-ring (bicyclic) bond motifs is 3. The van der Waals surface area contributed by atoms with Crippen molar-refractivity contribution in [1.82, 2.24) is 10.6 Å². The number of esters is 1. The lowest BCUT2D eigenvalue weighted by Gasteiger charge is -2.37. The number of anilines is 1. The number of alkyl carbamates (subject to hydrolysis) is 1. The number of benzene rings is 9. The van der Waals surface area contributed by atoms with Gasteiger partial charge in [-0.05, 0) is 79.9 Å². The maximum atomic E-state index is 16.0. The minimum absolute atomic E-state index is 0.0175. The van der Waals surface area contributed by atoms with Crippen molar-refractivity contribution in [3.05, 3.63) is 318 Å². The van der Waals surface area contributed by atoms with Crippen molar-refractivity contribution in [3.8, 4) is 11.1 Å². The van der Waals surface area contributed by atoms with Crippen LogP contribution in [0.2, 0.25) is 0 Å². The molecule has 0 saturated carbocycles. The lowest BCUT2D eigenvalue weighted by atomic mass is 9.77. The van der Waals surface area contributed by atoms with Crippen LogP contribution in [0, 0.1) is 0 Å². The number of carbonyl (C=O) groups excluding carboxylic acids is 4. The zero-order valence-electron chi connectivity index (χ0n) is 43.5. The molecule has 3 amide bonds. The van der Waals surface area contributed by atoms with E-state index in [1.54, 1.807) is 40.9 Å². The summed E-state index contributed by atoms with van der Waals surface area (Å²) in [5, 5.41) is 6.31. The van der Waals surface area contributed by atoms with Gasteiger partial charge in [0.2, 0.25) is 11.8 Å². The van der Waals surface area contributed by atoms with Crippen LogP contribution in [-0.2, 0) is 29.3 Å². The first-order valence-corrected chi connectivity index (χ1v) is 27.4. The molecule has 9 aromatic rings. The van der Waals surface area contributed by atoms with E-state index in [1.165, 1.54) is 6.08 Å². The fraction of sp³-hybridized carbons (Fsp3) is 0.130. The summed E-state index contributed by atoms with van der Waals surface area (Å²) in [5.41, 5.74) is 9.18. The van der Waals surface area contributed by atoms with E-state index < -0.39 is 46.6 Å². The largest absolute Gasteiger partial charge is 0.458 e. The summed E-state index contributed by atoms with van der Waals surface area (Å²) in [7, 11) is 0. The molecule has 0 saturated heterocycles. The zero-order valence-corrected chi connectivity index (χ0v) is 44.3. The van der Waals surface area contributed by atoms with E-state index in [1.807, 2.05) is 182 Å². The predicted octanol–water partition coefficient (Wildman–Crippen LogP) is 13.5. The molecule has 0 radical (unpaired) electrons. The van der Waals surface area contributed by atoms with E-state index in [2.05, 4.69) is 65.7 Å². The first-order chi connectivity index (χ1) is 38.8. The summed E-state index contributed by atoms with van der Waals surface area (Å²) < 4.78 is 10.8. The van der Waals surface area contributed by atoms with Gasteiger partial charge in [-0.1, -0.05) is 243 Å². The summed E-state index contributed by atoms with van der Waals surface area (Å²) >= 11 is 1.67. The van der Waals surface area contributed by atoms with Crippen molar-refractivity contribution in [2.45, 2.75) is 28.7 Å². The van der Waals surface area contributed by atoms with Gasteiger partial charge in [-0.2, -0.15) is 0 Å². The molecule has 9 nitrogen and oxygen atoms in total. The predicted molar refractivity (Wildman–Crippen MR) is 315 cm³/mol. The van der Waals surface area contributed by atoms with Crippen LogP contribution in [-0.4, -0.2) is 55.4 Å². The Morgan fingerprint density at radius 1 is 0.532 bits per heavy atom. The molecule has 0 bridgehead atoms. The molecule has 1 atom stereocenters. The van der Waals surface area contributed by atoms with E-state index >= 15 is 9.59 Å². The molecule has 1 aliphatic carbocycles. The molecule has 10 heteroatoms. The SMILES string of the molecule is C=CCOC(=O)c1ccc(N(CCSC(c2ccccc2)(c2ccccc2)c2ccccc2)C(=O)[C@H](CC(=O)NC(c2ccccc2)(c2ccccc2)c2ccccc2)NC(=O)OCC2c3ccccc3-c3ccccc32)cc1. The van der Waals surface area contributed by atoms with Gasteiger partial charge in [-0.25, -0.2) is 9.59 Å². The van der Waals surface area contributed by atoms with Gasteiger partial charge in [0, 0.05) is 23.9 Å². The number of nitrogens with zero attached hydrogens (tertiary/aromatic N) is 1. The Morgan fingerprint density at radius 3 is 1.39 bits per heavy atom. The monoisotopic (exact) mass is 1060 g/mol. The fourth-order valence-electron chi connectivity index (χ4n) is 10.8. The standard InChI is InChI=1S/C69H59N3O6S/c1-2-46-77-66(75)50-41-43-57(44-42-50)72(45-47-79-69(54-31-15-6-16-32-54,55-33-17-7-18-34-55)56-35-19-8-20-36-56)65(74)63(70-67(76)78-49-62-60-39-23-21-37-58(60)59-38-22-24-40-61(59)62)48-64(73)71-68(51-25-9-3-10-26-51,52-27-11-4-12-28-52)53-29-13-5-14-30-53/h2-44,62-63H,1,45-49H2,(H,70,76)(H,71,73)/t63-/m0/s1. The third kappa shape index (κ3) is 11.4. The van der Waals surface area contributed by atoms with Gasteiger partial charge >= 0.3 is 12.1 Å². The Labute approximate surface area is 466 Å². The highest BCUT2D eigenvalue weighted by atomic mass is 32.2. The molecule has 0 heterocycles. The first-order valence-electron chi connectivity index (χ1n) is 26.4. The van der Waals surface area contributed by atoms with Crippen LogP contribution in [0.25, 0.3) is 11.1 Å². The summed E-state index contributed by atoms with van der Waals surface area (Å²) in [6.45, 7) is 3.79. The molecule has 79 heavy (non-hydrogen) atoms. The first kappa shape index (κ1) is 53.2. The van der Waals surface area contributed by atoms with Crippen LogP contribution in [0.1, 0.15) is 67.2 Å². The van der Waals surface area contributed by atoms with Crippen LogP contribution < -0.4 is 15.5 Å². The third-order valence-electron chi connectivity index (χ3n) is 14.5. The van der Waals surface area contributed by atoms with E-state index in [0.29, 0.717) is 11.4 Å². The van der Waals surface area contributed by atoms with Gasteiger partial charge < -0.3 is 25.0 Å². The summed E-state index contributed by atoms with van der Waals surface area (Å²) in [4.78, 5) is 60.6. The average Bonchev–Trinajstić information content (AvgIpc) is 3.90. The van der Waals surface area contributed by atoms with Crippen molar-refractivity contribution < 1.29 is 28.7 Å². The second-order valence-electron chi connectivity index (χ2n) is 19.2. The Kier molecular flexibility index (Phi) is 16.7. The highest BCUT2D eigenvalue weighted by Crippen LogP contribution is 2.49. The molecule has 10 rings (SSSR count). The number of carbonyl (C=O) groups is 4. The maximum absolute atomic E-state index is 16.0. The van der Waals surface area contributed by atoms with E-state index in [4.69, 9.17) is 9.47 Å². The normalized spacial score (nSPS) is 12.3. The minimum atomic E-state index is -1.46. The lowest BCUT2D eigenvalue weighted by molar-refractivity contribution is -0.127. The Hall–Kier alpha value is -9.25. The van der Waals surface area contributed by atoms with Gasteiger partial charge in [-0.15, -0.1) is 11.8 Å². The van der Waals surface area contributed by atoms with Crippen LogP contribution >= 0.6 is 11.8 Å². The number of nitrogens with one attached hydrogen (secondary N) is 2. The molecule has 0 aromatic heterocycles. The number of amides is 3. The number of hydrogen-bond acceptors (Lipinski definition) is 7. The van der Waals surface area contributed by atoms with Gasteiger partial charge in [-0.3, -0.25) is 9.59 Å². The number of thioether (sulfide) groups is 1. The van der Waals surface area contributed by atoms with E-state index in [9.17, 15) is 9.59 Å². The molecule has 0 spiro atoms. The molecule has 9 aromatic carbocycles. The Bertz CT molecular complexity index is 3270. The van der Waals surface area contributed by atoms with Crippen molar-refractivity contribution in [2.75, 3.05) is 30.4 Å². The number of rotatable bonds is 21. The van der Waals surface area contributed by atoms with Crippen molar-refractivity contribution in [3.63, 3.8) is 0 Å². The van der Waals surface area contributed by atoms with Gasteiger partial charge in [0.1, 0.15) is 24.8 Å². The van der Waals surface area contributed by atoms with Crippen LogP contribution in [0.15, 0.2) is 267 Å². The minimum Gasteiger partial charge on any atom is -0.458 e. The summed E-state index contributed by atoms with van der Waals surface area (Å²) in [6.07, 6.45) is 0.155. The molecule has 392 valence electrons. The molecular weight excluding hydrogens is 999 g/mol. The second kappa shape index (κ2) is 24.8. The molecular formula is C69H59N3O6S. The number of ether oxygens (including phenoxy) is 2. The van der Waals surface area contributed by atoms with Crippen LogP contribution in [0.3, 0.4) is 0 Å².